The van der Waals surface area contributed by atoms with Crippen LogP contribution in [0.2, 0.25) is 0 Å². The van der Waals surface area contributed by atoms with Crippen molar-refractivity contribution in [2.75, 3.05) is 39.3 Å². The fraction of sp³-hybridized carbons (Fsp3) is 0.471. The molecule has 1 aliphatic heterocycles. The molecule has 1 aromatic heterocycles. The average molecular weight is 328 g/mol. The molecule has 128 valence electrons. The number of rotatable bonds is 6. The van der Waals surface area contributed by atoms with E-state index in [1.807, 2.05) is 31.2 Å². The summed E-state index contributed by atoms with van der Waals surface area (Å²) in [5, 5.41) is 14.3. The van der Waals surface area contributed by atoms with Crippen LogP contribution in [0.15, 0.2) is 30.5 Å². The van der Waals surface area contributed by atoms with Crippen molar-refractivity contribution in [2.24, 2.45) is 0 Å². The van der Waals surface area contributed by atoms with E-state index < -0.39 is 0 Å². The molecule has 0 spiro atoms. The quantitative estimate of drug-likeness (QED) is 0.760. The first-order chi connectivity index (χ1) is 11.7. The number of carbonyl (C=O) groups excluding carboxylic acids is 1. The number of aryl methyl sites for hydroxylation is 1. The van der Waals surface area contributed by atoms with Gasteiger partial charge in [0, 0.05) is 32.7 Å². The predicted molar refractivity (Wildman–Crippen MR) is 92.4 cm³/mol. The van der Waals surface area contributed by atoms with Crippen molar-refractivity contribution >= 4 is 5.91 Å². The summed E-state index contributed by atoms with van der Waals surface area (Å²) < 4.78 is 1.63. The minimum atomic E-state index is -0.172. The Bertz CT molecular complexity index is 677. The molecule has 7 heteroatoms. The summed E-state index contributed by atoms with van der Waals surface area (Å²) in [5.41, 5.74) is 2.39. The summed E-state index contributed by atoms with van der Waals surface area (Å²) in [5.74, 6) is -0.172. The number of hydrogen-bond donors (Lipinski definition) is 2. The van der Waals surface area contributed by atoms with Crippen LogP contribution in [0.25, 0.3) is 5.69 Å². The Hall–Kier alpha value is -2.25. The zero-order chi connectivity index (χ0) is 16.8. The van der Waals surface area contributed by atoms with E-state index in [1.165, 1.54) is 0 Å². The highest BCUT2D eigenvalue weighted by atomic mass is 16.2. The normalized spacial score (nSPS) is 15.4. The van der Waals surface area contributed by atoms with Crippen LogP contribution in [0.5, 0.6) is 0 Å². The van der Waals surface area contributed by atoms with Gasteiger partial charge in [0.1, 0.15) is 0 Å². The third-order valence-corrected chi connectivity index (χ3v) is 4.14. The fourth-order valence-corrected chi connectivity index (χ4v) is 2.79. The van der Waals surface area contributed by atoms with Gasteiger partial charge in [-0.25, -0.2) is 4.68 Å². The Kier molecular flexibility index (Phi) is 5.55. The third-order valence-electron chi connectivity index (χ3n) is 4.14. The van der Waals surface area contributed by atoms with E-state index >= 15 is 0 Å². The van der Waals surface area contributed by atoms with Crippen LogP contribution in [-0.2, 0) is 0 Å². The van der Waals surface area contributed by atoms with Crippen molar-refractivity contribution in [3.05, 3.63) is 41.7 Å². The topological polar surface area (TPSA) is 75.1 Å². The number of benzene rings is 1. The van der Waals surface area contributed by atoms with Crippen molar-refractivity contribution < 1.29 is 4.79 Å². The molecule has 1 amide bonds. The van der Waals surface area contributed by atoms with Crippen LogP contribution < -0.4 is 10.6 Å². The van der Waals surface area contributed by atoms with Gasteiger partial charge in [-0.15, -0.1) is 5.10 Å². The first kappa shape index (κ1) is 16.6. The van der Waals surface area contributed by atoms with Gasteiger partial charge < -0.3 is 15.5 Å². The molecular formula is C17H24N6O. The summed E-state index contributed by atoms with van der Waals surface area (Å²) in [7, 11) is 0. The van der Waals surface area contributed by atoms with E-state index in [4.69, 9.17) is 0 Å². The van der Waals surface area contributed by atoms with Gasteiger partial charge in [-0.1, -0.05) is 17.3 Å². The molecule has 2 N–H and O–H groups in total. The van der Waals surface area contributed by atoms with Gasteiger partial charge in [-0.2, -0.15) is 0 Å². The van der Waals surface area contributed by atoms with Crippen molar-refractivity contribution in [1.29, 1.82) is 0 Å². The molecule has 1 fully saturated rings. The molecule has 24 heavy (non-hydrogen) atoms. The highest BCUT2D eigenvalue weighted by Crippen LogP contribution is 2.09. The zero-order valence-electron chi connectivity index (χ0n) is 14.0. The number of amides is 1. The maximum Gasteiger partial charge on any atom is 0.273 e. The summed E-state index contributed by atoms with van der Waals surface area (Å²) in [6.45, 7) is 7.95. The molecule has 0 aliphatic carbocycles. The smallest absolute Gasteiger partial charge is 0.273 e. The van der Waals surface area contributed by atoms with E-state index in [0.29, 0.717) is 12.2 Å². The SMILES string of the molecule is Cc1cccc(-n2cc(C(=O)NCCCN3CCNCC3)nn2)c1. The van der Waals surface area contributed by atoms with Gasteiger partial charge in [0.05, 0.1) is 11.9 Å². The van der Waals surface area contributed by atoms with Crippen LogP contribution in [0.1, 0.15) is 22.5 Å². The molecule has 7 nitrogen and oxygen atoms in total. The number of piperazine rings is 1. The molecular weight excluding hydrogens is 304 g/mol. The lowest BCUT2D eigenvalue weighted by Gasteiger charge is -2.26. The molecule has 0 radical (unpaired) electrons. The number of carbonyl (C=O) groups is 1. The lowest BCUT2D eigenvalue weighted by Crippen LogP contribution is -2.44. The second-order valence-corrected chi connectivity index (χ2v) is 6.09. The van der Waals surface area contributed by atoms with Gasteiger partial charge in [0.15, 0.2) is 5.69 Å². The van der Waals surface area contributed by atoms with Gasteiger partial charge in [-0.3, -0.25) is 4.79 Å². The van der Waals surface area contributed by atoms with Crippen molar-refractivity contribution in [3.63, 3.8) is 0 Å². The first-order valence-corrected chi connectivity index (χ1v) is 8.43. The highest BCUT2D eigenvalue weighted by molar-refractivity contribution is 5.91. The number of aromatic nitrogens is 3. The maximum atomic E-state index is 12.2. The Morgan fingerprint density at radius 3 is 2.96 bits per heavy atom. The molecule has 3 rings (SSSR count). The van der Waals surface area contributed by atoms with E-state index in [9.17, 15) is 4.79 Å². The maximum absolute atomic E-state index is 12.2. The highest BCUT2D eigenvalue weighted by Gasteiger charge is 2.12. The summed E-state index contributed by atoms with van der Waals surface area (Å²) >= 11 is 0. The largest absolute Gasteiger partial charge is 0.351 e. The molecule has 0 bridgehead atoms. The molecule has 0 saturated carbocycles. The van der Waals surface area contributed by atoms with Crippen LogP contribution in [0.3, 0.4) is 0 Å². The summed E-state index contributed by atoms with van der Waals surface area (Å²) in [6.07, 6.45) is 2.61. The van der Waals surface area contributed by atoms with Crippen LogP contribution in [-0.4, -0.2) is 65.1 Å². The van der Waals surface area contributed by atoms with Crippen molar-refractivity contribution in [2.45, 2.75) is 13.3 Å². The van der Waals surface area contributed by atoms with Crippen LogP contribution in [0, 0.1) is 6.92 Å². The molecule has 1 saturated heterocycles. The molecule has 0 unspecified atom stereocenters. The Labute approximate surface area is 142 Å². The fourth-order valence-electron chi connectivity index (χ4n) is 2.79. The van der Waals surface area contributed by atoms with E-state index in [1.54, 1.807) is 10.9 Å². The third kappa shape index (κ3) is 4.39. The Morgan fingerprint density at radius 2 is 2.17 bits per heavy atom. The van der Waals surface area contributed by atoms with Crippen LogP contribution in [0.4, 0.5) is 0 Å². The number of nitrogens with one attached hydrogen (secondary N) is 2. The van der Waals surface area contributed by atoms with Gasteiger partial charge in [0.2, 0.25) is 0 Å². The van der Waals surface area contributed by atoms with E-state index in [0.717, 1.165) is 50.4 Å². The van der Waals surface area contributed by atoms with Gasteiger partial charge in [-0.05, 0) is 37.6 Å². The van der Waals surface area contributed by atoms with Crippen molar-refractivity contribution in [3.8, 4) is 5.69 Å². The molecule has 1 aromatic carbocycles. The lowest BCUT2D eigenvalue weighted by molar-refractivity contribution is 0.0946. The van der Waals surface area contributed by atoms with Crippen LogP contribution >= 0.6 is 0 Å². The van der Waals surface area contributed by atoms with Crippen molar-refractivity contribution in [1.82, 2.24) is 30.5 Å². The summed E-state index contributed by atoms with van der Waals surface area (Å²) in [4.78, 5) is 14.6. The minimum Gasteiger partial charge on any atom is -0.351 e. The number of hydrogen-bond acceptors (Lipinski definition) is 5. The standard InChI is InChI=1S/C17H24N6O/c1-14-4-2-5-15(12-14)23-13-16(20-21-23)17(24)19-6-3-9-22-10-7-18-8-11-22/h2,4-5,12-13,18H,3,6-11H2,1H3,(H,19,24). The predicted octanol–water partition coefficient (Wildman–Crippen LogP) is 0.601. The van der Waals surface area contributed by atoms with E-state index in [2.05, 4.69) is 25.8 Å². The van der Waals surface area contributed by atoms with E-state index in [-0.39, 0.29) is 5.91 Å². The average Bonchev–Trinajstić information content (AvgIpc) is 3.10. The monoisotopic (exact) mass is 328 g/mol. The molecule has 1 aliphatic rings. The lowest BCUT2D eigenvalue weighted by atomic mass is 10.2. The number of nitrogens with zero attached hydrogens (tertiary/aromatic N) is 4. The van der Waals surface area contributed by atoms with Gasteiger partial charge >= 0.3 is 0 Å². The molecule has 2 aromatic rings. The van der Waals surface area contributed by atoms with Gasteiger partial charge in [0.25, 0.3) is 5.91 Å². The molecule has 2 heterocycles. The molecule has 0 atom stereocenters. The first-order valence-electron chi connectivity index (χ1n) is 8.43. The zero-order valence-corrected chi connectivity index (χ0v) is 14.0. The Morgan fingerprint density at radius 1 is 1.33 bits per heavy atom. The second kappa shape index (κ2) is 8.03. The minimum absolute atomic E-state index is 0.172. The Balaban J connectivity index is 1.47. The summed E-state index contributed by atoms with van der Waals surface area (Å²) in [6, 6.07) is 7.93. The second-order valence-electron chi connectivity index (χ2n) is 6.09.